The first-order valence-corrected chi connectivity index (χ1v) is 9.56. The van der Waals surface area contributed by atoms with E-state index in [1.54, 1.807) is 0 Å². The van der Waals surface area contributed by atoms with Gasteiger partial charge in [-0.25, -0.2) is 4.98 Å². The Morgan fingerprint density at radius 1 is 1.15 bits per heavy atom. The van der Waals surface area contributed by atoms with Crippen molar-refractivity contribution in [2.45, 2.75) is 46.0 Å². The van der Waals surface area contributed by atoms with Crippen molar-refractivity contribution in [2.75, 3.05) is 26.2 Å². The zero-order chi connectivity index (χ0) is 18.7. The fourth-order valence-electron chi connectivity index (χ4n) is 3.26. The first kappa shape index (κ1) is 18.4. The van der Waals surface area contributed by atoms with Gasteiger partial charge in [-0.2, -0.15) is 0 Å². The fraction of sp³-hybridized carbons (Fsp3) is 0.550. The van der Waals surface area contributed by atoms with Crippen molar-refractivity contribution in [1.82, 2.24) is 19.8 Å². The van der Waals surface area contributed by atoms with E-state index in [0.717, 1.165) is 29.7 Å². The van der Waals surface area contributed by atoms with Gasteiger partial charge >= 0.3 is 0 Å². The van der Waals surface area contributed by atoms with Crippen LogP contribution in [0.1, 0.15) is 62.1 Å². The lowest BCUT2D eigenvalue weighted by atomic mass is 10.1. The predicted octanol–water partition coefficient (Wildman–Crippen LogP) is 3.16. The lowest BCUT2D eigenvalue weighted by Crippen LogP contribution is -2.50. The minimum Gasteiger partial charge on any atom is -0.342 e. The van der Waals surface area contributed by atoms with Crippen molar-refractivity contribution >= 4 is 22.8 Å². The summed E-state index contributed by atoms with van der Waals surface area (Å²) in [5.74, 6) is 1.48. The number of hydrogen-bond donors (Lipinski definition) is 1. The minimum absolute atomic E-state index is 0.0215. The highest BCUT2D eigenvalue weighted by atomic mass is 16.2. The molecule has 6 heteroatoms. The Labute approximate surface area is 154 Å². The van der Waals surface area contributed by atoms with Crippen LogP contribution in [-0.2, 0) is 4.79 Å². The number of carbonyl (C=O) groups is 2. The highest BCUT2D eigenvalue weighted by molar-refractivity contribution is 5.97. The number of aromatic amines is 1. The van der Waals surface area contributed by atoms with Gasteiger partial charge in [0, 0.05) is 44.1 Å². The summed E-state index contributed by atoms with van der Waals surface area (Å²) in [5, 5.41) is 0. The Morgan fingerprint density at radius 2 is 1.85 bits per heavy atom. The summed E-state index contributed by atoms with van der Waals surface area (Å²) in [6.07, 6.45) is 2.57. The number of piperazine rings is 1. The smallest absolute Gasteiger partial charge is 0.254 e. The molecule has 2 aromatic rings. The summed E-state index contributed by atoms with van der Waals surface area (Å²) in [4.78, 5) is 36.5. The van der Waals surface area contributed by atoms with Crippen LogP contribution in [0.4, 0.5) is 0 Å². The first-order valence-electron chi connectivity index (χ1n) is 9.56. The second kappa shape index (κ2) is 7.89. The predicted molar refractivity (Wildman–Crippen MR) is 102 cm³/mol. The van der Waals surface area contributed by atoms with Crippen LogP contribution >= 0.6 is 0 Å². The summed E-state index contributed by atoms with van der Waals surface area (Å²) >= 11 is 0. The molecule has 1 fully saturated rings. The van der Waals surface area contributed by atoms with E-state index < -0.39 is 0 Å². The molecule has 0 radical (unpaired) electrons. The largest absolute Gasteiger partial charge is 0.342 e. The van der Waals surface area contributed by atoms with E-state index >= 15 is 0 Å². The standard InChI is InChI=1S/C20H28N4O2/c1-4-5-6-18(25)23-9-11-24(12-10-23)20(26)15-7-8-16-17(13-15)22-19(21-16)14(2)3/h7-8,13-14H,4-6,9-12H2,1-3H3,(H,21,22). The molecule has 0 aliphatic carbocycles. The quantitative estimate of drug-likeness (QED) is 0.895. The van der Waals surface area contributed by atoms with E-state index in [9.17, 15) is 9.59 Å². The molecule has 0 bridgehead atoms. The van der Waals surface area contributed by atoms with E-state index in [-0.39, 0.29) is 11.8 Å². The average molecular weight is 356 g/mol. The van der Waals surface area contributed by atoms with Crippen molar-refractivity contribution in [3.05, 3.63) is 29.6 Å². The summed E-state index contributed by atoms with van der Waals surface area (Å²) in [7, 11) is 0. The molecule has 0 atom stereocenters. The minimum atomic E-state index is 0.0215. The molecule has 0 saturated carbocycles. The summed E-state index contributed by atoms with van der Waals surface area (Å²) in [5.41, 5.74) is 2.45. The number of rotatable bonds is 5. The Morgan fingerprint density at radius 3 is 2.50 bits per heavy atom. The van der Waals surface area contributed by atoms with Gasteiger partial charge in [-0.05, 0) is 24.6 Å². The second-order valence-corrected chi connectivity index (χ2v) is 7.29. The van der Waals surface area contributed by atoms with E-state index in [2.05, 4.69) is 30.7 Å². The zero-order valence-electron chi connectivity index (χ0n) is 15.9. The van der Waals surface area contributed by atoms with Gasteiger partial charge in [0.25, 0.3) is 5.91 Å². The first-order chi connectivity index (χ1) is 12.5. The molecule has 1 N–H and O–H groups in total. The Hall–Kier alpha value is -2.37. The maximum Gasteiger partial charge on any atom is 0.254 e. The molecule has 1 saturated heterocycles. The van der Waals surface area contributed by atoms with Crippen LogP contribution < -0.4 is 0 Å². The van der Waals surface area contributed by atoms with Gasteiger partial charge in [0.1, 0.15) is 5.82 Å². The van der Waals surface area contributed by atoms with Gasteiger partial charge in [-0.1, -0.05) is 27.2 Å². The third kappa shape index (κ3) is 3.89. The highest BCUT2D eigenvalue weighted by Crippen LogP contribution is 2.19. The van der Waals surface area contributed by atoms with Crippen molar-refractivity contribution in [3.8, 4) is 0 Å². The third-order valence-corrected chi connectivity index (χ3v) is 4.96. The van der Waals surface area contributed by atoms with Crippen LogP contribution in [-0.4, -0.2) is 57.8 Å². The van der Waals surface area contributed by atoms with Crippen LogP contribution in [0.25, 0.3) is 11.0 Å². The van der Waals surface area contributed by atoms with E-state index in [4.69, 9.17) is 0 Å². The molecule has 6 nitrogen and oxygen atoms in total. The lowest BCUT2D eigenvalue weighted by Gasteiger charge is -2.35. The van der Waals surface area contributed by atoms with Crippen LogP contribution in [0.3, 0.4) is 0 Å². The molecule has 2 amide bonds. The number of fused-ring (bicyclic) bond motifs is 1. The zero-order valence-corrected chi connectivity index (χ0v) is 15.9. The SMILES string of the molecule is CCCCC(=O)N1CCN(C(=O)c2ccc3nc(C(C)C)[nH]c3c2)CC1. The molecule has 1 aromatic heterocycles. The molecule has 0 spiro atoms. The summed E-state index contributed by atoms with van der Waals surface area (Å²) < 4.78 is 0. The fourth-order valence-corrected chi connectivity index (χ4v) is 3.26. The highest BCUT2D eigenvalue weighted by Gasteiger charge is 2.24. The molecule has 3 rings (SSSR count). The van der Waals surface area contributed by atoms with Gasteiger partial charge in [-0.15, -0.1) is 0 Å². The van der Waals surface area contributed by atoms with Gasteiger partial charge in [0.15, 0.2) is 0 Å². The maximum atomic E-state index is 12.8. The summed E-state index contributed by atoms with van der Waals surface area (Å²) in [6, 6.07) is 5.62. The lowest BCUT2D eigenvalue weighted by molar-refractivity contribution is -0.132. The average Bonchev–Trinajstić information content (AvgIpc) is 3.09. The Bertz CT molecular complexity index is 788. The van der Waals surface area contributed by atoms with Gasteiger partial charge in [-0.3, -0.25) is 9.59 Å². The van der Waals surface area contributed by atoms with Crippen molar-refractivity contribution in [2.24, 2.45) is 0 Å². The van der Waals surface area contributed by atoms with E-state index in [1.165, 1.54) is 0 Å². The molecule has 26 heavy (non-hydrogen) atoms. The third-order valence-electron chi connectivity index (χ3n) is 4.96. The monoisotopic (exact) mass is 356 g/mol. The molecular formula is C20H28N4O2. The van der Waals surface area contributed by atoms with E-state index in [0.29, 0.717) is 44.1 Å². The van der Waals surface area contributed by atoms with Crippen LogP contribution in [0.2, 0.25) is 0 Å². The number of unbranched alkanes of at least 4 members (excludes halogenated alkanes) is 1. The number of carbonyl (C=O) groups excluding carboxylic acids is 2. The maximum absolute atomic E-state index is 12.8. The number of H-pyrrole nitrogens is 1. The van der Waals surface area contributed by atoms with Crippen LogP contribution in [0, 0.1) is 0 Å². The number of nitrogens with zero attached hydrogens (tertiary/aromatic N) is 3. The van der Waals surface area contributed by atoms with Gasteiger partial charge in [0.05, 0.1) is 11.0 Å². The molecule has 140 valence electrons. The number of nitrogens with one attached hydrogen (secondary N) is 1. The number of imidazole rings is 1. The van der Waals surface area contributed by atoms with Crippen LogP contribution in [0.15, 0.2) is 18.2 Å². The Kier molecular flexibility index (Phi) is 5.59. The Balaban J connectivity index is 1.65. The number of amides is 2. The van der Waals surface area contributed by atoms with E-state index in [1.807, 2.05) is 28.0 Å². The molecule has 1 aliphatic heterocycles. The normalized spacial score (nSPS) is 15.1. The number of benzene rings is 1. The van der Waals surface area contributed by atoms with Crippen molar-refractivity contribution in [3.63, 3.8) is 0 Å². The molecule has 2 heterocycles. The van der Waals surface area contributed by atoms with Gasteiger partial charge in [0.2, 0.25) is 5.91 Å². The second-order valence-electron chi connectivity index (χ2n) is 7.29. The van der Waals surface area contributed by atoms with Gasteiger partial charge < -0.3 is 14.8 Å². The summed E-state index contributed by atoms with van der Waals surface area (Å²) in [6.45, 7) is 8.70. The number of hydrogen-bond acceptors (Lipinski definition) is 3. The number of aromatic nitrogens is 2. The molecule has 1 aromatic carbocycles. The molecular weight excluding hydrogens is 328 g/mol. The molecule has 0 unspecified atom stereocenters. The van der Waals surface area contributed by atoms with Crippen molar-refractivity contribution in [1.29, 1.82) is 0 Å². The van der Waals surface area contributed by atoms with Crippen molar-refractivity contribution < 1.29 is 9.59 Å². The topological polar surface area (TPSA) is 69.3 Å². The van der Waals surface area contributed by atoms with Crippen LogP contribution in [0.5, 0.6) is 0 Å². The molecule has 1 aliphatic rings.